The highest BCUT2D eigenvalue weighted by molar-refractivity contribution is 7.99. The van der Waals surface area contributed by atoms with E-state index in [1.54, 1.807) is 11.8 Å². The van der Waals surface area contributed by atoms with Gasteiger partial charge >= 0.3 is 0 Å². The molecule has 0 bridgehead atoms. The Morgan fingerprint density at radius 2 is 2.00 bits per heavy atom. The fourth-order valence-electron chi connectivity index (χ4n) is 1.69. The lowest BCUT2D eigenvalue weighted by molar-refractivity contribution is 0.266. The van der Waals surface area contributed by atoms with E-state index < -0.39 is 0 Å². The minimum absolute atomic E-state index is 0.0754. The van der Waals surface area contributed by atoms with Crippen molar-refractivity contribution in [3.8, 4) is 0 Å². The van der Waals surface area contributed by atoms with Gasteiger partial charge in [-0.15, -0.1) is 10.2 Å². The van der Waals surface area contributed by atoms with E-state index in [1.165, 1.54) is 5.69 Å². The van der Waals surface area contributed by atoms with Gasteiger partial charge in [0.25, 0.3) is 0 Å². The lowest BCUT2D eigenvalue weighted by Gasteiger charge is -2.18. The van der Waals surface area contributed by atoms with Crippen molar-refractivity contribution in [1.82, 2.24) is 14.8 Å². The second-order valence-electron chi connectivity index (χ2n) is 4.22. The second-order valence-corrected chi connectivity index (χ2v) is 5.28. The first-order chi connectivity index (χ1) is 9.22. The summed E-state index contributed by atoms with van der Waals surface area (Å²) in [5.74, 6) is 1.52. The highest BCUT2D eigenvalue weighted by Crippen LogP contribution is 2.17. The smallest absolute Gasteiger partial charge is 0.191 e. The molecule has 5 nitrogen and oxygen atoms in total. The number of para-hydroxylation sites is 1. The van der Waals surface area contributed by atoms with Gasteiger partial charge in [0.15, 0.2) is 11.0 Å². The predicted molar refractivity (Wildman–Crippen MR) is 77.4 cm³/mol. The topological polar surface area (TPSA) is 54.2 Å². The Hall–Kier alpha value is -1.53. The van der Waals surface area contributed by atoms with Crippen molar-refractivity contribution >= 4 is 17.4 Å². The number of anilines is 1. The van der Waals surface area contributed by atoms with E-state index in [9.17, 15) is 0 Å². The number of aliphatic hydroxyl groups excluding tert-OH is 1. The monoisotopic (exact) mass is 278 g/mol. The van der Waals surface area contributed by atoms with Gasteiger partial charge in [-0.3, -0.25) is 0 Å². The van der Waals surface area contributed by atoms with Crippen molar-refractivity contribution in [2.75, 3.05) is 24.2 Å². The van der Waals surface area contributed by atoms with Gasteiger partial charge < -0.3 is 14.6 Å². The van der Waals surface area contributed by atoms with Gasteiger partial charge in [-0.05, 0) is 12.1 Å². The lowest BCUT2D eigenvalue weighted by atomic mass is 10.3. The maximum atomic E-state index is 9.05. The molecular formula is C13H18N4OS. The van der Waals surface area contributed by atoms with Gasteiger partial charge in [0.1, 0.15) is 6.61 Å². The molecule has 0 aliphatic carbocycles. The van der Waals surface area contributed by atoms with E-state index in [1.807, 2.05) is 29.8 Å². The molecule has 6 heteroatoms. The van der Waals surface area contributed by atoms with E-state index in [2.05, 4.69) is 34.3 Å². The van der Waals surface area contributed by atoms with Crippen molar-refractivity contribution in [2.45, 2.75) is 11.8 Å². The molecular weight excluding hydrogens is 260 g/mol. The van der Waals surface area contributed by atoms with E-state index in [0.717, 1.165) is 17.5 Å². The molecule has 2 rings (SSSR count). The van der Waals surface area contributed by atoms with Crippen LogP contribution in [0.5, 0.6) is 0 Å². The fourth-order valence-corrected chi connectivity index (χ4v) is 2.64. The van der Waals surface area contributed by atoms with Gasteiger partial charge in [0.05, 0.1) is 0 Å². The first-order valence-electron chi connectivity index (χ1n) is 6.10. The Morgan fingerprint density at radius 3 is 2.63 bits per heavy atom. The molecule has 0 spiro atoms. The fraction of sp³-hybridized carbons (Fsp3) is 0.385. The van der Waals surface area contributed by atoms with Crippen LogP contribution in [0.2, 0.25) is 0 Å². The summed E-state index contributed by atoms with van der Waals surface area (Å²) in [7, 11) is 3.94. The summed E-state index contributed by atoms with van der Waals surface area (Å²) in [6.45, 7) is 0.851. The van der Waals surface area contributed by atoms with Crippen molar-refractivity contribution in [3.63, 3.8) is 0 Å². The number of benzene rings is 1. The molecule has 1 heterocycles. The molecule has 2 aromatic rings. The normalized spacial score (nSPS) is 10.7. The third-order valence-corrected chi connectivity index (χ3v) is 3.92. The third-order valence-electron chi connectivity index (χ3n) is 2.92. The molecule has 1 aromatic heterocycles. The van der Waals surface area contributed by atoms with Crippen molar-refractivity contribution in [3.05, 3.63) is 36.2 Å². The van der Waals surface area contributed by atoms with Gasteiger partial charge in [0.2, 0.25) is 0 Å². The number of rotatable bonds is 6. The van der Waals surface area contributed by atoms with Crippen molar-refractivity contribution in [1.29, 1.82) is 0 Å². The number of thioether (sulfide) groups is 1. The molecule has 1 aromatic carbocycles. The molecule has 1 N–H and O–H groups in total. The van der Waals surface area contributed by atoms with Crippen LogP contribution in [0.15, 0.2) is 35.5 Å². The van der Waals surface area contributed by atoms with E-state index in [4.69, 9.17) is 5.11 Å². The summed E-state index contributed by atoms with van der Waals surface area (Å²) >= 11 is 1.64. The molecule has 0 fully saturated rings. The minimum atomic E-state index is -0.0754. The zero-order valence-corrected chi connectivity index (χ0v) is 12.0. The van der Waals surface area contributed by atoms with Crippen LogP contribution in [0.3, 0.4) is 0 Å². The molecule has 0 saturated heterocycles. The average molecular weight is 278 g/mol. The zero-order valence-electron chi connectivity index (χ0n) is 11.2. The molecule has 0 aliphatic rings. The van der Waals surface area contributed by atoms with Crippen LogP contribution in [-0.4, -0.2) is 39.2 Å². The molecule has 0 saturated carbocycles. The van der Waals surface area contributed by atoms with Crippen LogP contribution in [0.25, 0.3) is 0 Å². The Balaban J connectivity index is 1.85. The zero-order chi connectivity index (χ0) is 13.7. The van der Waals surface area contributed by atoms with Gasteiger partial charge in [0, 0.05) is 32.1 Å². The number of aromatic nitrogens is 3. The molecule has 0 atom stereocenters. The van der Waals surface area contributed by atoms with Crippen LogP contribution < -0.4 is 4.90 Å². The standard InChI is InChI=1S/C13H18N4OS/c1-16(11-6-4-3-5-7-11)8-9-19-13-15-14-12(10-18)17(13)2/h3-7,18H,8-10H2,1-2H3. The highest BCUT2D eigenvalue weighted by Gasteiger charge is 2.08. The molecule has 102 valence electrons. The Labute approximate surface area is 117 Å². The highest BCUT2D eigenvalue weighted by atomic mass is 32.2. The number of nitrogens with zero attached hydrogens (tertiary/aromatic N) is 4. The molecule has 0 unspecified atom stereocenters. The summed E-state index contributed by atoms with van der Waals surface area (Å²) < 4.78 is 1.83. The molecule has 19 heavy (non-hydrogen) atoms. The number of aliphatic hydroxyl groups is 1. The Morgan fingerprint density at radius 1 is 1.26 bits per heavy atom. The maximum absolute atomic E-state index is 9.05. The summed E-state index contributed by atoms with van der Waals surface area (Å²) in [5, 5.41) is 17.9. The van der Waals surface area contributed by atoms with E-state index in [0.29, 0.717) is 5.82 Å². The van der Waals surface area contributed by atoms with Crippen LogP contribution in [0.1, 0.15) is 5.82 Å². The van der Waals surface area contributed by atoms with Gasteiger partial charge in [-0.1, -0.05) is 30.0 Å². The molecule has 0 aliphatic heterocycles. The molecule has 0 radical (unpaired) electrons. The number of hydrogen-bond acceptors (Lipinski definition) is 5. The lowest BCUT2D eigenvalue weighted by Crippen LogP contribution is -2.20. The van der Waals surface area contributed by atoms with E-state index >= 15 is 0 Å². The van der Waals surface area contributed by atoms with Crippen LogP contribution in [0, 0.1) is 0 Å². The summed E-state index contributed by atoms with van der Waals surface area (Å²) in [4.78, 5) is 2.20. The summed E-state index contributed by atoms with van der Waals surface area (Å²) in [6.07, 6.45) is 0. The number of hydrogen-bond donors (Lipinski definition) is 1. The van der Waals surface area contributed by atoms with Crippen LogP contribution in [-0.2, 0) is 13.7 Å². The summed E-state index contributed by atoms with van der Waals surface area (Å²) in [5.41, 5.74) is 1.21. The predicted octanol–water partition coefficient (Wildman–Crippen LogP) is 1.54. The van der Waals surface area contributed by atoms with Crippen LogP contribution in [0.4, 0.5) is 5.69 Å². The minimum Gasteiger partial charge on any atom is -0.388 e. The third kappa shape index (κ3) is 3.48. The largest absolute Gasteiger partial charge is 0.388 e. The quantitative estimate of drug-likeness (QED) is 0.812. The van der Waals surface area contributed by atoms with Gasteiger partial charge in [-0.2, -0.15) is 0 Å². The first-order valence-corrected chi connectivity index (χ1v) is 7.09. The Kier molecular flexibility index (Phi) is 4.81. The van der Waals surface area contributed by atoms with E-state index in [-0.39, 0.29) is 6.61 Å². The second kappa shape index (κ2) is 6.58. The molecule has 0 amide bonds. The SMILES string of the molecule is CN(CCSc1nnc(CO)n1C)c1ccccc1. The first kappa shape index (κ1) is 13.9. The maximum Gasteiger partial charge on any atom is 0.191 e. The summed E-state index contributed by atoms with van der Waals surface area (Å²) in [6, 6.07) is 10.3. The Bertz CT molecular complexity index is 515. The van der Waals surface area contributed by atoms with Crippen molar-refractivity contribution in [2.24, 2.45) is 7.05 Å². The van der Waals surface area contributed by atoms with Crippen molar-refractivity contribution < 1.29 is 5.11 Å². The van der Waals surface area contributed by atoms with Gasteiger partial charge in [-0.25, -0.2) is 0 Å². The average Bonchev–Trinajstić information content (AvgIpc) is 2.80. The van der Waals surface area contributed by atoms with Crippen LogP contribution >= 0.6 is 11.8 Å².